The summed E-state index contributed by atoms with van der Waals surface area (Å²) in [5.41, 5.74) is -0.362. The van der Waals surface area contributed by atoms with Crippen LogP contribution < -0.4 is 5.32 Å². The van der Waals surface area contributed by atoms with Gasteiger partial charge in [0, 0.05) is 16.5 Å². The van der Waals surface area contributed by atoms with Gasteiger partial charge in [0.15, 0.2) is 0 Å². The van der Waals surface area contributed by atoms with Gasteiger partial charge in [0.25, 0.3) is 0 Å². The van der Waals surface area contributed by atoms with Crippen LogP contribution in [0.2, 0.25) is 0 Å². The first-order valence-electron chi connectivity index (χ1n) is 5.60. The number of hydrogen-bond donors (Lipinski definition) is 3. The largest absolute Gasteiger partial charge is 0.394 e. The Morgan fingerprint density at radius 2 is 2.19 bits per heavy atom. The molecule has 0 spiro atoms. The van der Waals surface area contributed by atoms with Gasteiger partial charge in [-0.1, -0.05) is 13.0 Å². The van der Waals surface area contributed by atoms with Crippen LogP contribution in [0.3, 0.4) is 0 Å². The predicted octanol–water partition coefficient (Wildman–Crippen LogP) is 1.92. The van der Waals surface area contributed by atoms with Gasteiger partial charge in [-0.25, -0.2) is 0 Å². The van der Waals surface area contributed by atoms with Gasteiger partial charge in [0.1, 0.15) is 6.10 Å². The van der Waals surface area contributed by atoms with Gasteiger partial charge in [-0.05, 0) is 31.7 Å². The zero-order valence-corrected chi connectivity index (χ0v) is 10.9. The Balaban J connectivity index is 2.68. The minimum Gasteiger partial charge on any atom is -0.394 e. The molecule has 16 heavy (non-hydrogen) atoms. The van der Waals surface area contributed by atoms with E-state index in [2.05, 4.69) is 5.32 Å². The standard InChI is InChI=1S/C12H21NO2S/c1-4-9(13-12(2,3)8-14)11(15)10-6-5-7-16-10/h5-7,9,11,13-15H,4,8H2,1-3H3. The molecule has 1 aromatic heterocycles. The van der Waals surface area contributed by atoms with E-state index in [4.69, 9.17) is 0 Å². The molecule has 3 N–H and O–H groups in total. The van der Waals surface area contributed by atoms with Gasteiger partial charge in [-0.2, -0.15) is 0 Å². The maximum atomic E-state index is 10.2. The fourth-order valence-corrected chi connectivity index (χ4v) is 2.38. The van der Waals surface area contributed by atoms with Crippen LogP contribution in [0.1, 0.15) is 38.2 Å². The molecule has 0 aliphatic carbocycles. The molecule has 0 saturated heterocycles. The van der Waals surface area contributed by atoms with E-state index in [1.165, 1.54) is 0 Å². The van der Waals surface area contributed by atoms with Crippen molar-refractivity contribution in [3.8, 4) is 0 Å². The lowest BCUT2D eigenvalue weighted by Gasteiger charge is -2.32. The Kier molecular flexibility index (Phi) is 4.92. The maximum absolute atomic E-state index is 10.2. The molecule has 0 aromatic carbocycles. The number of rotatable bonds is 6. The van der Waals surface area contributed by atoms with E-state index in [9.17, 15) is 10.2 Å². The highest BCUT2D eigenvalue weighted by Gasteiger charge is 2.26. The lowest BCUT2D eigenvalue weighted by atomic mass is 10.0. The highest BCUT2D eigenvalue weighted by molar-refractivity contribution is 7.10. The van der Waals surface area contributed by atoms with Gasteiger partial charge in [-0.15, -0.1) is 11.3 Å². The first kappa shape index (κ1) is 13.6. The minimum atomic E-state index is -0.504. The van der Waals surface area contributed by atoms with Crippen molar-refractivity contribution < 1.29 is 10.2 Å². The van der Waals surface area contributed by atoms with Gasteiger partial charge >= 0.3 is 0 Å². The Morgan fingerprint density at radius 3 is 2.62 bits per heavy atom. The zero-order chi connectivity index (χ0) is 12.2. The average Bonchev–Trinajstić information content (AvgIpc) is 2.78. The third kappa shape index (κ3) is 3.56. The molecular weight excluding hydrogens is 222 g/mol. The van der Waals surface area contributed by atoms with Crippen molar-refractivity contribution in [3.63, 3.8) is 0 Å². The molecule has 1 aromatic rings. The van der Waals surface area contributed by atoms with Crippen LogP contribution in [0, 0.1) is 0 Å². The summed E-state index contributed by atoms with van der Waals surface area (Å²) in [5.74, 6) is 0. The van der Waals surface area contributed by atoms with Crippen LogP contribution in [0.25, 0.3) is 0 Å². The zero-order valence-electron chi connectivity index (χ0n) is 10.1. The lowest BCUT2D eigenvalue weighted by molar-refractivity contribution is 0.0922. The smallest absolute Gasteiger partial charge is 0.103 e. The SMILES string of the molecule is CCC(NC(C)(C)CO)C(O)c1cccs1. The second-order valence-electron chi connectivity index (χ2n) is 4.66. The molecule has 1 rings (SSSR count). The molecule has 2 atom stereocenters. The summed E-state index contributed by atoms with van der Waals surface area (Å²) < 4.78 is 0. The van der Waals surface area contributed by atoms with Gasteiger partial charge < -0.3 is 15.5 Å². The molecule has 0 fully saturated rings. The molecule has 1 heterocycles. The van der Waals surface area contributed by atoms with Crippen LogP contribution in [0.4, 0.5) is 0 Å². The van der Waals surface area contributed by atoms with Crippen LogP contribution >= 0.6 is 11.3 Å². The number of aliphatic hydroxyl groups excluding tert-OH is 2. The van der Waals surface area contributed by atoms with E-state index in [1.807, 2.05) is 38.3 Å². The van der Waals surface area contributed by atoms with Gasteiger partial charge in [0.05, 0.1) is 6.61 Å². The highest BCUT2D eigenvalue weighted by atomic mass is 32.1. The molecule has 2 unspecified atom stereocenters. The summed E-state index contributed by atoms with van der Waals surface area (Å²) >= 11 is 1.56. The predicted molar refractivity (Wildman–Crippen MR) is 67.7 cm³/mol. The van der Waals surface area contributed by atoms with Crippen LogP contribution in [0.5, 0.6) is 0 Å². The van der Waals surface area contributed by atoms with Gasteiger partial charge in [0.2, 0.25) is 0 Å². The van der Waals surface area contributed by atoms with Crippen molar-refractivity contribution in [2.24, 2.45) is 0 Å². The van der Waals surface area contributed by atoms with E-state index in [1.54, 1.807) is 11.3 Å². The molecule has 3 nitrogen and oxygen atoms in total. The van der Waals surface area contributed by atoms with Crippen LogP contribution in [-0.4, -0.2) is 28.4 Å². The normalized spacial score (nSPS) is 16.1. The number of thiophene rings is 1. The van der Waals surface area contributed by atoms with Crippen molar-refractivity contribution in [2.75, 3.05) is 6.61 Å². The Hall–Kier alpha value is -0.420. The Labute approximate surface area is 101 Å². The first-order valence-corrected chi connectivity index (χ1v) is 6.48. The van der Waals surface area contributed by atoms with Crippen molar-refractivity contribution in [3.05, 3.63) is 22.4 Å². The van der Waals surface area contributed by atoms with Crippen molar-refractivity contribution in [2.45, 2.75) is 44.9 Å². The molecular formula is C12H21NO2S. The monoisotopic (exact) mass is 243 g/mol. The fourth-order valence-electron chi connectivity index (χ4n) is 1.61. The van der Waals surface area contributed by atoms with E-state index in [-0.39, 0.29) is 18.2 Å². The third-order valence-electron chi connectivity index (χ3n) is 2.63. The second-order valence-corrected chi connectivity index (χ2v) is 5.64. The summed E-state index contributed by atoms with van der Waals surface area (Å²) in [4.78, 5) is 0.966. The van der Waals surface area contributed by atoms with Gasteiger partial charge in [-0.3, -0.25) is 0 Å². The van der Waals surface area contributed by atoms with E-state index in [0.29, 0.717) is 0 Å². The third-order valence-corrected chi connectivity index (χ3v) is 3.57. The van der Waals surface area contributed by atoms with E-state index < -0.39 is 6.10 Å². The summed E-state index contributed by atoms with van der Waals surface area (Å²) in [6.45, 7) is 5.94. The van der Waals surface area contributed by atoms with Crippen molar-refractivity contribution in [1.82, 2.24) is 5.32 Å². The lowest BCUT2D eigenvalue weighted by Crippen LogP contribution is -2.50. The summed E-state index contributed by atoms with van der Waals surface area (Å²) in [7, 11) is 0. The second kappa shape index (κ2) is 5.77. The number of hydrogen-bond acceptors (Lipinski definition) is 4. The summed E-state index contributed by atoms with van der Waals surface area (Å²) in [6, 6.07) is 3.85. The van der Waals surface area contributed by atoms with Crippen LogP contribution in [-0.2, 0) is 0 Å². The van der Waals surface area contributed by atoms with Crippen molar-refractivity contribution >= 4 is 11.3 Å². The average molecular weight is 243 g/mol. The quantitative estimate of drug-likeness (QED) is 0.715. The molecule has 92 valence electrons. The van der Waals surface area contributed by atoms with E-state index >= 15 is 0 Å². The first-order chi connectivity index (χ1) is 7.50. The highest BCUT2D eigenvalue weighted by Crippen LogP contribution is 2.24. The fraction of sp³-hybridized carbons (Fsp3) is 0.667. The topological polar surface area (TPSA) is 52.5 Å². The maximum Gasteiger partial charge on any atom is 0.103 e. The molecule has 0 saturated carbocycles. The Bertz CT molecular complexity index is 298. The van der Waals surface area contributed by atoms with Crippen molar-refractivity contribution in [1.29, 1.82) is 0 Å². The molecule has 0 bridgehead atoms. The number of aliphatic hydroxyl groups is 2. The minimum absolute atomic E-state index is 0.0270. The molecule has 0 amide bonds. The number of nitrogens with one attached hydrogen (secondary N) is 1. The molecule has 4 heteroatoms. The van der Waals surface area contributed by atoms with E-state index in [0.717, 1.165) is 11.3 Å². The summed E-state index contributed by atoms with van der Waals surface area (Å²) in [5, 5.41) is 24.7. The summed E-state index contributed by atoms with van der Waals surface area (Å²) in [6.07, 6.45) is 0.318. The molecule has 0 aliphatic heterocycles. The Morgan fingerprint density at radius 1 is 1.50 bits per heavy atom. The molecule has 0 aliphatic rings. The van der Waals surface area contributed by atoms with Crippen LogP contribution in [0.15, 0.2) is 17.5 Å². The molecule has 0 radical (unpaired) electrons.